The van der Waals surface area contributed by atoms with Crippen LogP contribution in [0.2, 0.25) is 0 Å². The molecule has 0 radical (unpaired) electrons. The van der Waals surface area contributed by atoms with Crippen LogP contribution in [0.1, 0.15) is 59.3 Å². The van der Waals surface area contributed by atoms with Gasteiger partial charge in [0.2, 0.25) is 5.91 Å². The second-order valence-electron chi connectivity index (χ2n) is 8.02. The van der Waals surface area contributed by atoms with Gasteiger partial charge in [-0.2, -0.15) is 0 Å². The van der Waals surface area contributed by atoms with Crippen LogP contribution in [0.25, 0.3) is 0 Å². The monoisotopic (exact) mass is 334 g/mol. The molecule has 3 amide bonds. The molecule has 0 N–H and O–H groups in total. The summed E-state index contributed by atoms with van der Waals surface area (Å²) in [4.78, 5) is 38.4. The van der Waals surface area contributed by atoms with E-state index in [4.69, 9.17) is 0 Å². The van der Waals surface area contributed by atoms with E-state index in [0.717, 1.165) is 45.2 Å². The third kappa shape index (κ3) is 4.92. The van der Waals surface area contributed by atoms with Crippen LogP contribution in [0.4, 0.5) is 0 Å². The lowest BCUT2D eigenvalue weighted by molar-refractivity contribution is -0.136. The molecule has 2 heterocycles. The summed E-state index contributed by atoms with van der Waals surface area (Å²) < 4.78 is 0. The Balaban J connectivity index is 1.56. The summed E-state index contributed by atoms with van der Waals surface area (Å²) in [5, 5.41) is 0. The topological polar surface area (TPSA) is 57.7 Å². The van der Waals surface area contributed by atoms with Gasteiger partial charge in [0, 0.05) is 38.2 Å². The maximum absolute atomic E-state index is 12.3. The third-order valence-electron chi connectivity index (χ3n) is 5.19. The Morgan fingerprint density at radius 1 is 1.08 bits per heavy atom. The van der Waals surface area contributed by atoms with E-state index in [1.165, 1.54) is 17.1 Å². The van der Waals surface area contributed by atoms with E-state index in [-0.39, 0.29) is 23.1 Å². The minimum absolute atomic E-state index is 0.211. The van der Waals surface area contributed by atoms with Crippen molar-refractivity contribution < 1.29 is 14.4 Å². The summed E-state index contributed by atoms with van der Waals surface area (Å²) >= 11 is 0. The van der Waals surface area contributed by atoms with E-state index in [2.05, 4.69) is 20.8 Å². The highest BCUT2D eigenvalue weighted by Crippen LogP contribution is 2.33. The van der Waals surface area contributed by atoms with E-state index in [0.29, 0.717) is 18.9 Å². The van der Waals surface area contributed by atoms with Gasteiger partial charge in [0.15, 0.2) is 0 Å². The van der Waals surface area contributed by atoms with Gasteiger partial charge >= 0.3 is 0 Å². The fourth-order valence-corrected chi connectivity index (χ4v) is 3.40. The molecule has 5 nitrogen and oxygen atoms in total. The molecule has 0 aromatic rings. The molecule has 0 aliphatic carbocycles. The highest BCUT2D eigenvalue weighted by Gasteiger charge is 2.33. The first-order valence-electron chi connectivity index (χ1n) is 9.10. The van der Waals surface area contributed by atoms with Gasteiger partial charge in [0.1, 0.15) is 0 Å². The lowest BCUT2D eigenvalue weighted by Crippen LogP contribution is -2.31. The van der Waals surface area contributed by atoms with E-state index < -0.39 is 0 Å². The van der Waals surface area contributed by atoms with Crippen molar-refractivity contribution in [3.8, 4) is 0 Å². The van der Waals surface area contributed by atoms with Gasteiger partial charge in [-0.3, -0.25) is 19.3 Å². The fourth-order valence-electron chi connectivity index (χ4n) is 3.40. The Bertz CT molecular complexity index is 501. The summed E-state index contributed by atoms with van der Waals surface area (Å²) in [6, 6.07) is 0. The maximum Gasteiger partial charge on any atom is 0.253 e. The molecular formula is C19H30N2O3. The van der Waals surface area contributed by atoms with Crippen molar-refractivity contribution in [1.82, 2.24) is 9.80 Å². The first kappa shape index (κ1) is 18.7. The normalized spacial score (nSPS) is 21.2. The van der Waals surface area contributed by atoms with Crippen LogP contribution >= 0.6 is 0 Å². The molecule has 0 bridgehead atoms. The fraction of sp³-hybridized carbons (Fsp3) is 0.737. The summed E-state index contributed by atoms with van der Waals surface area (Å²) in [5.41, 5.74) is 0.272. The molecule has 2 rings (SSSR count). The zero-order valence-electron chi connectivity index (χ0n) is 15.2. The summed E-state index contributed by atoms with van der Waals surface area (Å²) in [6.07, 6.45) is 7.96. The molecule has 134 valence electrons. The van der Waals surface area contributed by atoms with Crippen molar-refractivity contribution in [1.29, 1.82) is 0 Å². The third-order valence-corrected chi connectivity index (χ3v) is 5.19. The average Bonchev–Trinajstić information content (AvgIpc) is 3.11. The first-order valence-corrected chi connectivity index (χ1v) is 9.10. The van der Waals surface area contributed by atoms with Gasteiger partial charge in [0.05, 0.1) is 0 Å². The van der Waals surface area contributed by atoms with E-state index in [1.54, 1.807) is 0 Å². The molecular weight excluding hydrogens is 304 g/mol. The number of imide groups is 1. The number of carbonyl (C=O) groups excluding carboxylic acids is 3. The number of rotatable bonds is 7. The zero-order valence-corrected chi connectivity index (χ0v) is 15.2. The maximum atomic E-state index is 12.3. The minimum Gasteiger partial charge on any atom is -0.342 e. The molecule has 0 aromatic carbocycles. The molecule has 2 aliphatic heterocycles. The molecule has 0 unspecified atom stereocenters. The SMILES string of the molecule is CC(C)(C)[C@H]1CCN(C(=O)CCCCCCN2C(=O)C=CC2=O)C1. The Hall–Kier alpha value is -1.65. The zero-order chi connectivity index (χ0) is 17.7. The van der Waals surface area contributed by atoms with Crippen molar-refractivity contribution >= 4 is 17.7 Å². The molecule has 0 aromatic heterocycles. The number of nitrogens with zero attached hydrogens (tertiary/aromatic N) is 2. The second-order valence-corrected chi connectivity index (χ2v) is 8.02. The molecule has 2 aliphatic rings. The largest absolute Gasteiger partial charge is 0.342 e. The number of carbonyl (C=O) groups is 3. The van der Waals surface area contributed by atoms with Crippen LogP contribution in [0, 0.1) is 11.3 Å². The van der Waals surface area contributed by atoms with Crippen LogP contribution in [0.5, 0.6) is 0 Å². The molecule has 1 saturated heterocycles. The Kier molecular flexibility index (Phi) is 6.19. The van der Waals surface area contributed by atoms with Gasteiger partial charge in [-0.1, -0.05) is 33.6 Å². The van der Waals surface area contributed by atoms with Crippen LogP contribution in [-0.4, -0.2) is 47.2 Å². The Morgan fingerprint density at radius 3 is 2.29 bits per heavy atom. The number of unbranched alkanes of at least 4 members (excludes halogenated alkanes) is 3. The van der Waals surface area contributed by atoms with Gasteiger partial charge < -0.3 is 4.90 Å². The smallest absolute Gasteiger partial charge is 0.253 e. The molecule has 1 fully saturated rings. The van der Waals surface area contributed by atoms with Crippen LogP contribution in [0.15, 0.2) is 12.2 Å². The Labute approximate surface area is 145 Å². The van der Waals surface area contributed by atoms with Crippen molar-refractivity contribution in [2.24, 2.45) is 11.3 Å². The number of hydrogen-bond acceptors (Lipinski definition) is 3. The van der Waals surface area contributed by atoms with Crippen molar-refractivity contribution in [3.05, 3.63) is 12.2 Å². The second kappa shape index (κ2) is 7.95. The van der Waals surface area contributed by atoms with Crippen molar-refractivity contribution in [3.63, 3.8) is 0 Å². The van der Waals surface area contributed by atoms with Gasteiger partial charge in [-0.15, -0.1) is 0 Å². The lowest BCUT2D eigenvalue weighted by atomic mass is 9.80. The van der Waals surface area contributed by atoms with Crippen LogP contribution in [0.3, 0.4) is 0 Å². The average molecular weight is 334 g/mol. The summed E-state index contributed by atoms with van der Waals surface area (Å²) in [7, 11) is 0. The van der Waals surface area contributed by atoms with E-state index in [9.17, 15) is 14.4 Å². The van der Waals surface area contributed by atoms with E-state index in [1.807, 2.05) is 4.90 Å². The molecule has 0 spiro atoms. The van der Waals surface area contributed by atoms with Crippen LogP contribution < -0.4 is 0 Å². The van der Waals surface area contributed by atoms with Crippen LogP contribution in [-0.2, 0) is 14.4 Å². The number of likely N-dealkylation sites (tertiary alicyclic amines) is 1. The molecule has 1 atom stereocenters. The highest BCUT2D eigenvalue weighted by molar-refractivity contribution is 6.12. The first-order chi connectivity index (χ1) is 11.3. The van der Waals surface area contributed by atoms with Gasteiger partial charge in [0.25, 0.3) is 11.8 Å². The predicted octanol–water partition coefficient (Wildman–Crippen LogP) is 2.76. The lowest BCUT2D eigenvalue weighted by Gasteiger charge is -2.27. The number of hydrogen-bond donors (Lipinski definition) is 0. The molecule has 5 heteroatoms. The summed E-state index contributed by atoms with van der Waals surface area (Å²) in [5.74, 6) is 0.455. The highest BCUT2D eigenvalue weighted by atomic mass is 16.2. The molecule has 24 heavy (non-hydrogen) atoms. The Morgan fingerprint density at radius 2 is 1.71 bits per heavy atom. The van der Waals surface area contributed by atoms with E-state index >= 15 is 0 Å². The minimum atomic E-state index is -0.211. The van der Waals surface area contributed by atoms with Gasteiger partial charge in [-0.05, 0) is 30.6 Å². The summed E-state index contributed by atoms with van der Waals surface area (Å²) in [6.45, 7) is 9.02. The van der Waals surface area contributed by atoms with Crippen molar-refractivity contribution in [2.45, 2.75) is 59.3 Å². The standard InChI is InChI=1S/C19H30N2O3/c1-19(2,3)15-11-13-20(14-15)16(22)8-6-4-5-7-12-21-17(23)9-10-18(21)24/h9-10,15H,4-8,11-14H2,1-3H3/t15-/m0/s1. The molecule has 0 saturated carbocycles. The number of amides is 3. The van der Waals surface area contributed by atoms with Crippen molar-refractivity contribution in [2.75, 3.05) is 19.6 Å². The quantitative estimate of drug-likeness (QED) is 0.531. The predicted molar refractivity (Wildman–Crippen MR) is 93.1 cm³/mol. The van der Waals surface area contributed by atoms with Gasteiger partial charge in [-0.25, -0.2) is 0 Å².